The topological polar surface area (TPSA) is 33.5 Å². The van der Waals surface area contributed by atoms with Gasteiger partial charge in [0.15, 0.2) is 0 Å². The number of piperazine rings is 1. The number of rotatable bonds is 5. The van der Waals surface area contributed by atoms with Gasteiger partial charge in [-0.3, -0.25) is 9.58 Å². The minimum absolute atomic E-state index is 0.216. The van der Waals surface area contributed by atoms with Gasteiger partial charge in [0, 0.05) is 49.7 Å². The van der Waals surface area contributed by atoms with Crippen molar-refractivity contribution >= 4 is 5.69 Å². The highest BCUT2D eigenvalue weighted by Crippen LogP contribution is 2.34. The summed E-state index contributed by atoms with van der Waals surface area (Å²) in [5, 5.41) is 4.58. The van der Waals surface area contributed by atoms with Crippen molar-refractivity contribution in [1.82, 2.24) is 14.7 Å². The van der Waals surface area contributed by atoms with E-state index >= 15 is 0 Å². The molecule has 5 nitrogen and oxygen atoms in total. The first-order chi connectivity index (χ1) is 15.6. The van der Waals surface area contributed by atoms with Gasteiger partial charge in [-0.25, -0.2) is 8.78 Å². The Labute approximate surface area is 187 Å². The summed E-state index contributed by atoms with van der Waals surface area (Å²) in [6.45, 7) is 4.11. The molecule has 3 aromatic rings. The van der Waals surface area contributed by atoms with E-state index in [-0.39, 0.29) is 5.56 Å². The van der Waals surface area contributed by atoms with Crippen LogP contribution in [0.3, 0.4) is 0 Å². The Morgan fingerprint density at radius 2 is 1.66 bits per heavy atom. The maximum absolute atomic E-state index is 14.1. The van der Waals surface area contributed by atoms with E-state index in [4.69, 9.17) is 4.74 Å². The number of hydrogen-bond donors (Lipinski definition) is 0. The van der Waals surface area contributed by atoms with E-state index in [0.717, 1.165) is 63.3 Å². The summed E-state index contributed by atoms with van der Waals surface area (Å²) in [5.74, 6) is -0.0207. The fourth-order valence-corrected chi connectivity index (χ4v) is 5.02. The van der Waals surface area contributed by atoms with E-state index in [1.54, 1.807) is 13.2 Å². The molecule has 5 rings (SSSR count). The lowest BCUT2D eigenvalue weighted by molar-refractivity contribution is 0.183. The maximum atomic E-state index is 14.1. The summed E-state index contributed by atoms with van der Waals surface area (Å²) < 4.78 is 34.9. The lowest BCUT2D eigenvalue weighted by Gasteiger charge is -2.39. The fraction of sp³-hybridized carbons (Fsp3) is 0.400. The molecule has 2 atom stereocenters. The first-order valence-corrected chi connectivity index (χ1v) is 11.2. The zero-order valence-corrected chi connectivity index (χ0v) is 18.3. The standard InChI is InChI=1S/C25H28F2N4O/c1-32-22-7-5-19(6-8-22)29-12-14-30(15-13-29)20-3-4-21(17-20)31-11-10-25(28-31)23-16-18(26)2-9-24(23)27/h2,5-11,16,20-21H,3-4,12-15,17H2,1H3/t20-,21-/m0/s1. The van der Waals surface area contributed by atoms with Crippen LogP contribution < -0.4 is 9.64 Å². The molecule has 32 heavy (non-hydrogen) atoms. The molecule has 1 aromatic heterocycles. The molecule has 0 bridgehead atoms. The molecule has 0 spiro atoms. The molecule has 7 heteroatoms. The van der Waals surface area contributed by atoms with Crippen LogP contribution in [0.1, 0.15) is 25.3 Å². The Morgan fingerprint density at radius 1 is 0.906 bits per heavy atom. The van der Waals surface area contributed by atoms with Gasteiger partial charge in [0.05, 0.1) is 18.8 Å². The van der Waals surface area contributed by atoms with Gasteiger partial charge in [0.2, 0.25) is 0 Å². The number of nitrogens with zero attached hydrogens (tertiary/aromatic N) is 4. The average Bonchev–Trinajstić information content (AvgIpc) is 3.51. The van der Waals surface area contributed by atoms with Crippen LogP contribution in [-0.2, 0) is 0 Å². The molecule has 0 N–H and O–H groups in total. The number of aromatic nitrogens is 2. The van der Waals surface area contributed by atoms with Crippen LogP contribution in [0.15, 0.2) is 54.7 Å². The highest BCUT2D eigenvalue weighted by atomic mass is 19.1. The molecule has 2 aliphatic rings. The van der Waals surface area contributed by atoms with Gasteiger partial charge >= 0.3 is 0 Å². The molecular formula is C25H28F2N4O. The van der Waals surface area contributed by atoms with Crippen molar-refractivity contribution in [2.24, 2.45) is 0 Å². The number of methoxy groups -OCH3 is 1. The van der Waals surface area contributed by atoms with Crippen molar-refractivity contribution in [2.75, 3.05) is 38.2 Å². The second-order valence-electron chi connectivity index (χ2n) is 8.65. The first-order valence-electron chi connectivity index (χ1n) is 11.2. The van der Waals surface area contributed by atoms with Gasteiger partial charge in [0.1, 0.15) is 17.4 Å². The quantitative estimate of drug-likeness (QED) is 0.576. The summed E-state index contributed by atoms with van der Waals surface area (Å²) in [6, 6.07) is 14.4. The van der Waals surface area contributed by atoms with Crippen molar-refractivity contribution in [3.05, 3.63) is 66.4 Å². The Bertz CT molecular complexity index is 1060. The molecule has 1 aliphatic heterocycles. The van der Waals surface area contributed by atoms with Crippen molar-refractivity contribution in [3.63, 3.8) is 0 Å². The second-order valence-corrected chi connectivity index (χ2v) is 8.65. The third-order valence-corrected chi connectivity index (χ3v) is 6.83. The Hall–Kier alpha value is -2.93. The van der Waals surface area contributed by atoms with Gasteiger partial charge in [0.25, 0.3) is 0 Å². The van der Waals surface area contributed by atoms with Crippen LogP contribution in [0.25, 0.3) is 11.3 Å². The van der Waals surface area contributed by atoms with Gasteiger partial charge in [-0.15, -0.1) is 0 Å². The van der Waals surface area contributed by atoms with Crippen LogP contribution in [0.5, 0.6) is 5.75 Å². The molecule has 2 aromatic carbocycles. The van der Waals surface area contributed by atoms with E-state index in [2.05, 4.69) is 27.0 Å². The number of anilines is 1. The smallest absolute Gasteiger partial charge is 0.132 e. The fourth-order valence-electron chi connectivity index (χ4n) is 5.02. The van der Waals surface area contributed by atoms with Gasteiger partial charge in [-0.2, -0.15) is 5.10 Å². The molecule has 0 unspecified atom stereocenters. The van der Waals surface area contributed by atoms with Gasteiger partial charge in [-0.1, -0.05) is 0 Å². The van der Waals surface area contributed by atoms with E-state index in [1.807, 2.05) is 23.0 Å². The zero-order chi connectivity index (χ0) is 22.1. The summed E-state index contributed by atoms with van der Waals surface area (Å²) >= 11 is 0. The summed E-state index contributed by atoms with van der Waals surface area (Å²) in [6.07, 6.45) is 5.12. The highest BCUT2D eigenvalue weighted by Gasteiger charge is 2.32. The molecule has 1 saturated carbocycles. The Morgan fingerprint density at radius 3 is 2.41 bits per heavy atom. The molecular weight excluding hydrogens is 410 g/mol. The monoisotopic (exact) mass is 438 g/mol. The van der Waals surface area contributed by atoms with Crippen molar-refractivity contribution in [1.29, 1.82) is 0 Å². The number of ether oxygens (including phenoxy) is 1. The van der Waals surface area contributed by atoms with Gasteiger partial charge in [-0.05, 0) is 67.8 Å². The SMILES string of the molecule is COc1ccc(N2CCN([C@H]3CC[C@H](n4ccc(-c5cc(F)ccc5F)n4)C3)CC2)cc1. The molecule has 1 aliphatic carbocycles. The van der Waals surface area contributed by atoms with Crippen molar-refractivity contribution in [2.45, 2.75) is 31.3 Å². The van der Waals surface area contributed by atoms with Crippen molar-refractivity contribution < 1.29 is 13.5 Å². The number of halogens is 2. The zero-order valence-electron chi connectivity index (χ0n) is 18.3. The largest absolute Gasteiger partial charge is 0.497 e. The van der Waals surface area contributed by atoms with E-state index < -0.39 is 11.6 Å². The molecule has 2 heterocycles. The van der Waals surface area contributed by atoms with Gasteiger partial charge < -0.3 is 9.64 Å². The molecule has 0 radical (unpaired) electrons. The summed E-state index contributed by atoms with van der Waals surface area (Å²) in [7, 11) is 1.69. The van der Waals surface area contributed by atoms with Crippen LogP contribution in [0.2, 0.25) is 0 Å². The minimum atomic E-state index is -0.453. The number of benzene rings is 2. The normalized spacial score (nSPS) is 21.8. The third kappa shape index (κ3) is 4.21. The predicted octanol–water partition coefficient (Wildman–Crippen LogP) is 4.75. The number of hydrogen-bond acceptors (Lipinski definition) is 4. The van der Waals surface area contributed by atoms with Crippen LogP contribution in [0.4, 0.5) is 14.5 Å². The Balaban J connectivity index is 1.18. The Kier molecular flexibility index (Phi) is 5.83. The van der Waals surface area contributed by atoms with Crippen LogP contribution in [0, 0.1) is 11.6 Å². The first kappa shape index (κ1) is 20.9. The van der Waals surface area contributed by atoms with E-state index in [1.165, 1.54) is 11.8 Å². The molecule has 0 amide bonds. The second kappa shape index (κ2) is 8.90. The van der Waals surface area contributed by atoms with E-state index in [9.17, 15) is 8.78 Å². The summed E-state index contributed by atoms with van der Waals surface area (Å²) in [5.41, 5.74) is 1.94. The molecule has 168 valence electrons. The lowest BCUT2D eigenvalue weighted by atomic mass is 10.1. The maximum Gasteiger partial charge on any atom is 0.132 e. The molecule has 2 fully saturated rings. The summed E-state index contributed by atoms with van der Waals surface area (Å²) in [4.78, 5) is 5.02. The van der Waals surface area contributed by atoms with Crippen LogP contribution >= 0.6 is 0 Å². The predicted molar refractivity (Wildman–Crippen MR) is 121 cm³/mol. The lowest BCUT2D eigenvalue weighted by Crippen LogP contribution is -2.49. The highest BCUT2D eigenvalue weighted by molar-refractivity contribution is 5.59. The van der Waals surface area contributed by atoms with Crippen molar-refractivity contribution in [3.8, 4) is 17.0 Å². The molecule has 1 saturated heterocycles. The van der Waals surface area contributed by atoms with Crippen LogP contribution in [-0.4, -0.2) is 54.0 Å². The van der Waals surface area contributed by atoms with E-state index in [0.29, 0.717) is 17.8 Å². The average molecular weight is 439 g/mol. The minimum Gasteiger partial charge on any atom is -0.497 e. The third-order valence-electron chi connectivity index (χ3n) is 6.83.